The maximum Gasteiger partial charge on any atom is 0.416 e. The fourth-order valence-corrected chi connectivity index (χ4v) is 9.41. The van der Waals surface area contributed by atoms with Crippen LogP contribution in [-0.4, -0.2) is 27.5 Å². The van der Waals surface area contributed by atoms with Crippen LogP contribution in [0.1, 0.15) is 36.7 Å². The summed E-state index contributed by atoms with van der Waals surface area (Å²) in [6.07, 6.45) is -4.47. The van der Waals surface area contributed by atoms with Gasteiger partial charge in [0.2, 0.25) is 0 Å². The molecule has 0 aliphatic carbocycles. The van der Waals surface area contributed by atoms with E-state index in [4.69, 9.17) is 9.16 Å². The first-order chi connectivity index (χ1) is 19.0. The largest absolute Gasteiger partial charge is 0.460 e. The minimum absolute atomic E-state index is 0.0151. The van der Waals surface area contributed by atoms with Gasteiger partial charge in [0.15, 0.2) is 0 Å². The van der Waals surface area contributed by atoms with Gasteiger partial charge >= 0.3 is 12.1 Å². The molecule has 4 nitrogen and oxygen atoms in total. The number of esters is 1. The molecular weight excluding hydrogens is 531 g/mol. The summed E-state index contributed by atoms with van der Waals surface area (Å²) >= 11 is 0. The van der Waals surface area contributed by atoms with Crippen LogP contribution in [0, 0.1) is 0 Å². The average Bonchev–Trinajstić information content (AvgIpc) is 2.93. The monoisotopic (exact) mass is 563 g/mol. The Balaban J connectivity index is 1.50. The summed E-state index contributed by atoms with van der Waals surface area (Å²) in [4.78, 5) is 13.1. The fourth-order valence-electron chi connectivity index (χ4n) is 4.87. The molecule has 0 aliphatic rings. The van der Waals surface area contributed by atoms with Crippen LogP contribution in [0.2, 0.25) is 5.04 Å². The highest BCUT2D eigenvalue weighted by molar-refractivity contribution is 6.99. The van der Waals surface area contributed by atoms with E-state index in [1.165, 1.54) is 12.1 Å². The molecule has 0 atom stereocenters. The first-order valence-corrected chi connectivity index (χ1v) is 14.9. The number of benzene rings is 4. The molecule has 0 amide bonds. The summed E-state index contributed by atoms with van der Waals surface area (Å²) in [6.45, 7) is 6.70. The van der Waals surface area contributed by atoms with Gasteiger partial charge in [-0.3, -0.25) is 0 Å². The molecule has 0 radical (unpaired) electrons. The van der Waals surface area contributed by atoms with Crippen LogP contribution in [0.15, 0.2) is 109 Å². The fraction of sp³-hybridized carbons (Fsp3) is 0.219. The number of anilines is 2. The summed E-state index contributed by atoms with van der Waals surface area (Å²) in [5.74, 6) is -0.596. The molecule has 40 heavy (non-hydrogen) atoms. The lowest BCUT2D eigenvalue weighted by Crippen LogP contribution is -2.66. The van der Waals surface area contributed by atoms with Crippen LogP contribution in [0.25, 0.3) is 0 Å². The Kier molecular flexibility index (Phi) is 8.81. The van der Waals surface area contributed by atoms with E-state index in [9.17, 15) is 18.0 Å². The number of nitrogens with one attached hydrogen (secondary N) is 1. The second-order valence-corrected chi connectivity index (χ2v) is 14.7. The van der Waals surface area contributed by atoms with E-state index >= 15 is 0 Å². The maximum atomic E-state index is 13.2. The van der Waals surface area contributed by atoms with E-state index in [0.717, 1.165) is 22.5 Å². The number of carbonyl (C=O) groups is 1. The van der Waals surface area contributed by atoms with Crippen LogP contribution in [0.3, 0.4) is 0 Å². The lowest BCUT2D eigenvalue weighted by molar-refractivity contribution is -0.137. The SMILES string of the molecule is CC(C)(C)[Si](OCCOC(=O)c1ccccc1Nc1cccc(C(F)(F)F)c1)(c1ccccc1)c1ccccc1. The van der Waals surface area contributed by atoms with Gasteiger partial charge in [0.05, 0.1) is 23.4 Å². The number of hydrogen-bond donors (Lipinski definition) is 1. The third kappa shape index (κ3) is 6.46. The molecule has 1 N–H and O–H groups in total. The lowest BCUT2D eigenvalue weighted by atomic mass is 10.1. The molecule has 0 spiro atoms. The average molecular weight is 564 g/mol. The van der Waals surface area contributed by atoms with Crippen molar-refractivity contribution in [3.05, 3.63) is 120 Å². The van der Waals surface area contributed by atoms with E-state index in [2.05, 4.69) is 50.4 Å². The van der Waals surface area contributed by atoms with Crippen molar-refractivity contribution in [3.8, 4) is 0 Å². The number of rotatable bonds is 9. The van der Waals surface area contributed by atoms with Gasteiger partial charge in [-0.2, -0.15) is 13.2 Å². The van der Waals surface area contributed by atoms with Crippen molar-refractivity contribution in [1.29, 1.82) is 0 Å². The van der Waals surface area contributed by atoms with Crippen molar-refractivity contribution in [2.75, 3.05) is 18.5 Å². The van der Waals surface area contributed by atoms with E-state index in [0.29, 0.717) is 5.69 Å². The van der Waals surface area contributed by atoms with Crippen molar-refractivity contribution in [3.63, 3.8) is 0 Å². The molecular formula is C32H32F3NO3Si. The van der Waals surface area contributed by atoms with Gasteiger partial charge in [0.25, 0.3) is 8.32 Å². The van der Waals surface area contributed by atoms with Gasteiger partial charge in [0.1, 0.15) is 6.61 Å². The van der Waals surface area contributed by atoms with Crippen LogP contribution >= 0.6 is 0 Å². The summed E-state index contributed by atoms with van der Waals surface area (Å²) in [7, 11) is -2.78. The van der Waals surface area contributed by atoms with Crippen molar-refractivity contribution in [2.24, 2.45) is 0 Å². The van der Waals surface area contributed by atoms with E-state index in [1.807, 2.05) is 36.4 Å². The van der Waals surface area contributed by atoms with Gasteiger partial charge in [0, 0.05) is 5.69 Å². The molecule has 8 heteroatoms. The normalized spacial score (nSPS) is 12.2. The van der Waals surface area contributed by atoms with Gasteiger partial charge in [-0.15, -0.1) is 0 Å². The van der Waals surface area contributed by atoms with Gasteiger partial charge in [-0.1, -0.05) is 99.6 Å². The third-order valence-corrected chi connectivity index (χ3v) is 11.7. The summed E-state index contributed by atoms with van der Waals surface area (Å²) < 4.78 is 51.8. The number of para-hydroxylation sites is 1. The molecule has 0 aromatic heterocycles. The Labute approximate surface area is 233 Å². The molecule has 4 aromatic rings. The Hall–Kier alpha value is -3.88. The van der Waals surface area contributed by atoms with Crippen molar-refractivity contribution in [2.45, 2.75) is 32.0 Å². The Bertz CT molecular complexity index is 1380. The van der Waals surface area contributed by atoms with E-state index in [-0.39, 0.29) is 29.5 Å². The van der Waals surface area contributed by atoms with Gasteiger partial charge in [-0.25, -0.2) is 4.79 Å². The second kappa shape index (κ2) is 12.1. The highest BCUT2D eigenvalue weighted by Crippen LogP contribution is 2.37. The molecule has 0 unspecified atom stereocenters. The Morgan fingerprint density at radius 3 is 1.90 bits per heavy atom. The molecule has 208 valence electrons. The zero-order chi connectivity index (χ0) is 28.8. The summed E-state index contributed by atoms with van der Waals surface area (Å²) in [6, 6.07) is 31.7. The van der Waals surface area contributed by atoms with Crippen LogP contribution in [0.4, 0.5) is 24.5 Å². The van der Waals surface area contributed by atoms with Crippen LogP contribution < -0.4 is 15.7 Å². The van der Waals surface area contributed by atoms with Crippen LogP contribution in [-0.2, 0) is 15.3 Å². The molecule has 0 heterocycles. The molecule has 4 aromatic carbocycles. The standard InChI is InChI=1S/C32H32F3NO3Si/c1-31(2,3)40(26-15-6-4-7-16-26,27-17-8-5-9-18-27)39-22-21-38-30(37)28-19-10-11-20-29(28)36-25-14-12-13-24(23-25)32(33,34)35/h4-20,23,36H,21-22H2,1-3H3. The van der Waals surface area contributed by atoms with Crippen molar-refractivity contribution >= 4 is 36.0 Å². The quantitative estimate of drug-likeness (QED) is 0.133. The highest BCUT2D eigenvalue weighted by atomic mass is 28.4. The van der Waals surface area contributed by atoms with Crippen molar-refractivity contribution in [1.82, 2.24) is 0 Å². The first-order valence-electron chi connectivity index (χ1n) is 13.0. The Morgan fingerprint density at radius 2 is 1.32 bits per heavy atom. The number of ether oxygens (including phenoxy) is 1. The topological polar surface area (TPSA) is 47.6 Å². The second-order valence-electron chi connectivity index (χ2n) is 10.4. The Morgan fingerprint density at radius 1 is 0.750 bits per heavy atom. The highest BCUT2D eigenvalue weighted by Gasteiger charge is 2.50. The van der Waals surface area contributed by atoms with Crippen LogP contribution in [0.5, 0.6) is 0 Å². The maximum absolute atomic E-state index is 13.2. The number of hydrogen-bond acceptors (Lipinski definition) is 4. The number of halogens is 3. The number of alkyl halides is 3. The minimum atomic E-state index is -4.47. The predicted molar refractivity (Wildman–Crippen MR) is 155 cm³/mol. The first kappa shape index (κ1) is 29.1. The van der Waals surface area contributed by atoms with Gasteiger partial charge in [-0.05, 0) is 45.7 Å². The molecule has 0 saturated carbocycles. The lowest BCUT2D eigenvalue weighted by Gasteiger charge is -2.43. The number of carbonyl (C=O) groups excluding carboxylic acids is 1. The van der Waals surface area contributed by atoms with E-state index in [1.54, 1.807) is 24.3 Å². The summed E-state index contributed by atoms with van der Waals surface area (Å²) in [5, 5.41) is 4.94. The van der Waals surface area contributed by atoms with Gasteiger partial charge < -0.3 is 14.5 Å². The zero-order valence-corrected chi connectivity index (χ0v) is 23.7. The summed E-state index contributed by atoms with van der Waals surface area (Å²) in [5.41, 5.74) is -0.00628. The predicted octanol–water partition coefficient (Wildman–Crippen LogP) is 7.18. The zero-order valence-electron chi connectivity index (χ0n) is 22.7. The molecule has 0 fully saturated rings. The minimum Gasteiger partial charge on any atom is -0.460 e. The molecule has 4 rings (SSSR count). The smallest absolute Gasteiger partial charge is 0.416 e. The van der Waals surface area contributed by atoms with E-state index < -0.39 is 26.0 Å². The third-order valence-electron chi connectivity index (χ3n) is 6.67. The molecule has 0 saturated heterocycles. The van der Waals surface area contributed by atoms with Crippen molar-refractivity contribution < 1.29 is 27.1 Å². The molecule has 0 bridgehead atoms. The molecule has 0 aliphatic heterocycles.